The molecular formula is C22H32N4O2. The predicted octanol–water partition coefficient (Wildman–Crippen LogP) is 4.16. The Morgan fingerprint density at radius 2 is 2.04 bits per heavy atom. The van der Waals surface area contributed by atoms with Gasteiger partial charge in [-0.15, -0.1) is 0 Å². The van der Waals surface area contributed by atoms with Gasteiger partial charge >= 0.3 is 0 Å². The van der Waals surface area contributed by atoms with Crippen LogP contribution in [-0.4, -0.2) is 23.6 Å². The maximum absolute atomic E-state index is 6.10. The van der Waals surface area contributed by atoms with Gasteiger partial charge in [0.05, 0.1) is 25.4 Å². The summed E-state index contributed by atoms with van der Waals surface area (Å²) in [6, 6.07) is 8.15. The molecule has 1 fully saturated rings. The van der Waals surface area contributed by atoms with E-state index in [0.717, 1.165) is 42.4 Å². The molecule has 3 rings (SSSR count). The molecule has 0 aliphatic heterocycles. The Balaban J connectivity index is 1.62. The molecule has 0 bridgehead atoms. The first-order valence-corrected chi connectivity index (χ1v) is 10.2. The molecule has 1 saturated carbocycles. The van der Waals surface area contributed by atoms with E-state index in [-0.39, 0.29) is 5.41 Å². The monoisotopic (exact) mass is 384 g/mol. The molecule has 1 aliphatic carbocycles. The highest BCUT2D eigenvalue weighted by Crippen LogP contribution is 2.28. The zero-order valence-corrected chi connectivity index (χ0v) is 17.4. The van der Waals surface area contributed by atoms with Crippen molar-refractivity contribution in [3.05, 3.63) is 47.7 Å². The van der Waals surface area contributed by atoms with Crippen LogP contribution in [0.2, 0.25) is 0 Å². The lowest BCUT2D eigenvalue weighted by atomic mass is 9.94. The fourth-order valence-corrected chi connectivity index (χ4v) is 2.82. The third-order valence-corrected chi connectivity index (χ3v) is 4.77. The summed E-state index contributed by atoms with van der Waals surface area (Å²) >= 11 is 0. The molecule has 1 aliphatic rings. The van der Waals surface area contributed by atoms with Crippen molar-refractivity contribution >= 4 is 5.96 Å². The van der Waals surface area contributed by atoms with Crippen LogP contribution in [0, 0.1) is 0 Å². The summed E-state index contributed by atoms with van der Waals surface area (Å²) < 4.78 is 11.9. The van der Waals surface area contributed by atoms with Gasteiger partial charge in [-0.05, 0) is 32.3 Å². The summed E-state index contributed by atoms with van der Waals surface area (Å²) in [7, 11) is 0. The van der Waals surface area contributed by atoms with E-state index in [1.54, 1.807) is 6.20 Å². The first-order chi connectivity index (χ1) is 13.5. The summed E-state index contributed by atoms with van der Waals surface area (Å²) in [6.45, 7) is 10.2. The Hall–Kier alpha value is -2.50. The molecule has 1 aromatic carbocycles. The summed E-state index contributed by atoms with van der Waals surface area (Å²) in [5, 5.41) is 6.57. The zero-order valence-electron chi connectivity index (χ0n) is 17.4. The second-order valence-corrected chi connectivity index (χ2v) is 8.20. The molecule has 0 amide bonds. The lowest BCUT2D eigenvalue weighted by Crippen LogP contribution is -2.36. The van der Waals surface area contributed by atoms with Gasteiger partial charge in [0.1, 0.15) is 11.5 Å². The highest BCUT2D eigenvalue weighted by molar-refractivity contribution is 5.79. The van der Waals surface area contributed by atoms with Gasteiger partial charge < -0.3 is 19.8 Å². The molecule has 1 heterocycles. The minimum atomic E-state index is -0.0476. The Bertz CT molecular complexity index is 788. The lowest BCUT2D eigenvalue weighted by molar-refractivity contribution is 0.119. The maximum Gasteiger partial charge on any atom is 0.213 e. The van der Waals surface area contributed by atoms with Gasteiger partial charge in [0.25, 0.3) is 0 Å². The van der Waals surface area contributed by atoms with Gasteiger partial charge in [-0.1, -0.05) is 39.0 Å². The Morgan fingerprint density at radius 3 is 2.68 bits per heavy atom. The van der Waals surface area contributed by atoms with Crippen LogP contribution >= 0.6 is 0 Å². The minimum Gasteiger partial charge on any atom is -0.490 e. The number of benzene rings is 1. The molecule has 2 N–H and O–H groups in total. The number of para-hydroxylation sites is 1. The molecule has 1 aromatic heterocycles. The number of nitrogens with zero attached hydrogens (tertiary/aromatic N) is 2. The molecular weight excluding hydrogens is 352 g/mol. The van der Waals surface area contributed by atoms with Crippen LogP contribution in [0.15, 0.2) is 39.9 Å². The van der Waals surface area contributed by atoms with Crippen LogP contribution in [0.25, 0.3) is 0 Å². The summed E-state index contributed by atoms with van der Waals surface area (Å²) in [5.41, 5.74) is 1.05. The van der Waals surface area contributed by atoms with Crippen molar-refractivity contribution in [1.82, 2.24) is 15.6 Å². The van der Waals surface area contributed by atoms with Crippen molar-refractivity contribution < 1.29 is 9.15 Å². The molecule has 0 radical (unpaired) electrons. The van der Waals surface area contributed by atoms with Gasteiger partial charge in [0, 0.05) is 17.5 Å². The summed E-state index contributed by atoms with van der Waals surface area (Å²) in [5.74, 6) is 3.21. The van der Waals surface area contributed by atoms with Crippen LogP contribution < -0.4 is 15.4 Å². The van der Waals surface area contributed by atoms with Crippen molar-refractivity contribution in [1.29, 1.82) is 0 Å². The molecule has 0 spiro atoms. The number of rotatable bonds is 7. The highest BCUT2D eigenvalue weighted by atomic mass is 16.5. The number of oxazole rings is 1. The van der Waals surface area contributed by atoms with Crippen LogP contribution in [0.1, 0.15) is 64.2 Å². The average molecular weight is 385 g/mol. The van der Waals surface area contributed by atoms with Crippen LogP contribution in [0.5, 0.6) is 5.75 Å². The number of ether oxygens (including phenoxy) is 1. The average Bonchev–Trinajstić information content (AvgIpc) is 3.11. The maximum atomic E-state index is 6.10. The fourth-order valence-electron chi connectivity index (χ4n) is 2.82. The number of guanidine groups is 1. The zero-order chi connectivity index (χ0) is 20.0. The van der Waals surface area contributed by atoms with E-state index >= 15 is 0 Å². The largest absolute Gasteiger partial charge is 0.490 e. The smallest absolute Gasteiger partial charge is 0.213 e. The Morgan fingerprint density at radius 1 is 1.25 bits per heavy atom. The third kappa shape index (κ3) is 5.50. The van der Waals surface area contributed by atoms with Crippen LogP contribution in [-0.2, 0) is 18.5 Å². The molecule has 0 unspecified atom stereocenters. The topological polar surface area (TPSA) is 71.7 Å². The van der Waals surface area contributed by atoms with Crippen LogP contribution in [0.4, 0.5) is 0 Å². The van der Waals surface area contributed by atoms with Gasteiger partial charge in [0.2, 0.25) is 5.89 Å². The third-order valence-electron chi connectivity index (χ3n) is 4.77. The van der Waals surface area contributed by atoms with E-state index in [2.05, 4.69) is 42.5 Å². The van der Waals surface area contributed by atoms with Crippen LogP contribution in [0.3, 0.4) is 0 Å². The molecule has 6 nitrogen and oxygen atoms in total. The van der Waals surface area contributed by atoms with Gasteiger partial charge in [-0.2, -0.15) is 0 Å². The highest BCUT2D eigenvalue weighted by Gasteiger charge is 2.20. The quantitative estimate of drug-likeness (QED) is 0.554. The normalized spacial score (nSPS) is 15.2. The van der Waals surface area contributed by atoms with E-state index in [1.165, 1.54) is 6.42 Å². The first kappa shape index (κ1) is 20.2. The molecule has 6 heteroatoms. The number of hydrogen-bond donors (Lipinski definition) is 2. The first-order valence-electron chi connectivity index (χ1n) is 10.2. The number of aliphatic imine (C=N–C) groups is 1. The van der Waals surface area contributed by atoms with E-state index in [4.69, 9.17) is 14.1 Å². The molecule has 152 valence electrons. The predicted molar refractivity (Wildman–Crippen MR) is 112 cm³/mol. The van der Waals surface area contributed by atoms with E-state index < -0.39 is 0 Å². The standard InChI is InChI=1S/C22H32N4O2/c1-5-23-21(26-15-20-24-14-19(28-20)22(2,3)4)25-13-16-9-6-7-12-18(16)27-17-10-8-11-17/h6-7,9,12,14,17H,5,8,10-11,13,15H2,1-4H3,(H2,23,25,26). The fraction of sp³-hybridized carbons (Fsp3) is 0.545. The van der Waals surface area contributed by atoms with E-state index in [1.807, 2.05) is 25.1 Å². The van der Waals surface area contributed by atoms with Crippen molar-refractivity contribution in [2.45, 2.75) is 71.6 Å². The van der Waals surface area contributed by atoms with Crippen molar-refractivity contribution in [2.75, 3.05) is 6.54 Å². The van der Waals surface area contributed by atoms with Crippen molar-refractivity contribution in [3.63, 3.8) is 0 Å². The van der Waals surface area contributed by atoms with E-state index in [0.29, 0.717) is 25.1 Å². The van der Waals surface area contributed by atoms with Crippen molar-refractivity contribution in [3.8, 4) is 5.75 Å². The Labute approximate surface area is 167 Å². The van der Waals surface area contributed by atoms with Gasteiger partial charge in [-0.3, -0.25) is 0 Å². The molecule has 0 atom stereocenters. The molecule has 2 aromatic rings. The lowest BCUT2D eigenvalue weighted by Gasteiger charge is -2.27. The SMILES string of the molecule is CCNC(=NCc1ccccc1OC1CCC1)NCc1ncc(C(C)(C)C)o1. The van der Waals surface area contributed by atoms with Gasteiger partial charge in [-0.25, -0.2) is 9.98 Å². The number of hydrogen-bond acceptors (Lipinski definition) is 4. The van der Waals surface area contributed by atoms with E-state index in [9.17, 15) is 0 Å². The summed E-state index contributed by atoms with van der Waals surface area (Å²) in [6.07, 6.45) is 5.72. The minimum absolute atomic E-state index is 0.0476. The molecule has 28 heavy (non-hydrogen) atoms. The second kappa shape index (κ2) is 9.13. The van der Waals surface area contributed by atoms with Gasteiger partial charge in [0.15, 0.2) is 5.96 Å². The number of aromatic nitrogens is 1. The molecule has 0 saturated heterocycles. The summed E-state index contributed by atoms with van der Waals surface area (Å²) in [4.78, 5) is 9.07. The number of nitrogens with one attached hydrogen (secondary N) is 2. The second-order valence-electron chi connectivity index (χ2n) is 8.20. The Kier molecular flexibility index (Phi) is 6.60. The van der Waals surface area contributed by atoms with Crippen molar-refractivity contribution in [2.24, 2.45) is 4.99 Å².